The summed E-state index contributed by atoms with van der Waals surface area (Å²) in [7, 11) is 1.92. The topological polar surface area (TPSA) is 43.8 Å². The van der Waals surface area contributed by atoms with Gasteiger partial charge in [0.15, 0.2) is 0 Å². The highest BCUT2D eigenvalue weighted by Gasteiger charge is 2.06. The monoisotopic (exact) mass is 247 g/mol. The van der Waals surface area contributed by atoms with Crippen molar-refractivity contribution < 1.29 is 0 Å². The van der Waals surface area contributed by atoms with Crippen LogP contribution in [0.1, 0.15) is 5.69 Å². The molecule has 0 bridgehead atoms. The van der Waals surface area contributed by atoms with Crippen LogP contribution >= 0.6 is 11.8 Å². The van der Waals surface area contributed by atoms with E-state index in [4.69, 9.17) is 5.73 Å². The summed E-state index contributed by atoms with van der Waals surface area (Å²) in [6, 6.07) is 12.5. The van der Waals surface area contributed by atoms with E-state index >= 15 is 0 Å². The quantitative estimate of drug-likeness (QED) is 0.823. The molecule has 90 valence electrons. The first-order valence-corrected chi connectivity index (χ1v) is 6.64. The molecule has 1 heterocycles. The second-order valence-corrected chi connectivity index (χ2v) is 5.16. The standard InChI is InChI=1S/C13H17N3S/c1-16-8-7-12(15-16)9-11(14)10-17-13-5-3-2-4-6-13/h2-8,11H,9-10,14H2,1H3. The summed E-state index contributed by atoms with van der Waals surface area (Å²) in [6.07, 6.45) is 2.78. The van der Waals surface area contributed by atoms with Crippen molar-refractivity contribution in [2.75, 3.05) is 5.75 Å². The Bertz CT molecular complexity index is 453. The molecule has 1 unspecified atom stereocenters. The van der Waals surface area contributed by atoms with Crippen LogP contribution in [0.25, 0.3) is 0 Å². The molecule has 0 saturated heterocycles. The van der Waals surface area contributed by atoms with Crippen LogP contribution in [-0.4, -0.2) is 21.6 Å². The minimum atomic E-state index is 0.148. The Kier molecular flexibility index (Phi) is 4.23. The van der Waals surface area contributed by atoms with Crippen LogP contribution in [-0.2, 0) is 13.5 Å². The summed E-state index contributed by atoms with van der Waals surface area (Å²) in [5.41, 5.74) is 7.16. The van der Waals surface area contributed by atoms with Crippen molar-refractivity contribution >= 4 is 11.8 Å². The molecule has 0 saturated carbocycles. The van der Waals surface area contributed by atoms with E-state index in [-0.39, 0.29) is 6.04 Å². The molecule has 0 aliphatic rings. The lowest BCUT2D eigenvalue weighted by atomic mass is 10.2. The van der Waals surface area contributed by atoms with Crippen molar-refractivity contribution in [3.05, 3.63) is 48.3 Å². The van der Waals surface area contributed by atoms with Gasteiger partial charge < -0.3 is 5.73 Å². The van der Waals surface area contributed by atoms with Gasteiger partial charge in [-0.3, -0.25) is 4.68 Å². The second kappa shape index (κ2) is 5.89. The first kappa shape index (κ1) is 12.2. The first-order chi connectivity index (χ1) is 8.24. The summed E-state index contributed by atoms with van der Waals surface area (Å²) in [5.74, 6) is 0.917. The van der Waals surface area contributed by atoms with Gasteiger partial charge in [-0.2, -0.15) is 5.10 Å². The van der Waals surface area contributed by atoms with Gasteiger partial charge in [0.25, 0.3) is 0 Å². The Balaban J connectivity index is 1.80. The lowest BCUT2D eigenvalue weighted by molar-refractivity contribution is 0.691. The highest BCUT2D eigenvalue weighted by molar-refractivity contribution is 7.99. The summed E-state index contributed by atoms with van der Waals surface area (Å²) in [4.78, 5) is 1.27. The molecule has 2 N–H and O–H groups in total. The van der Waals surface area contributed by atoms with Crippen molar-refractivity contribution in [2.45, 2.75) is 17.4 Å². The van der Waals surface area contributed by atoms with Crippen LogP contribution in [0.15, 0.2) is 47.5 Å². The van der Waals surface area contributed by atoms with E-state index in [1.807, 2.05) is 42.2 Å². The van der Waals surface area contributed by atoms with Crippen molar-refractivity contribution in [1.82, 2.24) is 9.78 Å². The van der Waals surface area contributed by atoms with E-state index in [0.29, 0.717) is 0 Å². The number of aromatic nitrogens is 2. The SMILES string of the molecule is Cn1ccc(CC(N)CSc2ccccc2)n1. The number of aryl methyl sites for hydroxylation is 1. The molecule has 0 aliphatic carbocycles. The van der Waals surface area contributed by atoms with Gasteiger partial charge in [-0.25, -0.2) is 0 Å². The number of rotatable bonds is 5. The molecule has 1 aromatic heterocycles. The lowest BCUT2D eigenvalue weighted by Gasteiger charge is -2.09. The Morgan fingerprint density at radius 1 is 1.29 bits per heavy atom. The predicted molar refractivity (Wildman–Crippen MR) is 72.1 cm³/mol. The Labute approximate surface area is 106 Å². The molecular formula is C13H17N3S. The molecule has 2 rings (SSSR count). The summed E-state index contributed by atoms with van der Waals surface area (Å²) in [6.45, 7) is 0. The minimum absolute atomic E-state index is 0.148. The van der Waals surface area contributed by atoms with Gasteiger partial charge in [0, 0.05) is 36.4 Å². The molecule has 3 nitrogen and oxygen atoms in total. The van der Waals surface area contributed by atoms with Gasteiger partial charge >= 0.3 is 0 Å². The summed E-state index contributed by atoms with van der Waals surface area (Å²) >= 11 is 1.79. The zero-order valence-electron chi connectivity index (χ0n) is 9.91. The molecule has 2 aromatic rings. The third-order valence-electron chi connectivity index (χ3n) is 2.45. The molecule has 1 atom stereocenters. The third kappa shape index (κ3) is 3.91. The molecule has 0 fully saturated rings. The number of benzene rings is 1. The van der Waals surface area contributed by atoms with Crippen LogP contribution in [0.4, 0.5) is 0 Å². The van der Waals surface area contributed by atoms with Crippen LogP contribution in [0.2, 0.25) is 0 Å². The highest BCUT2D eigenvalue weighted by atomic mass is 32.2. The molecule has 4 heteroatoms. The van der Waals surface area contributed by atoms with Crippen LogP contribution in [0.3, 0.4) is 0 Å². The zero-order chi connectivity index (χ0) is 12.1. The second-order valence-electron chi connectivity index (χ2n) is 4.07. The molecule has 1 aromatic carbocycles. The number of hydrogen-bond acceptors (Lipinski definition) is 3. The van der Waals surface area contributed by atoms with Crippen LogP contribution in [0, 0.1) is 0 Å². The zero-order valence-corrected chi connectivity index (χ0v) is 10.7. The molecular weight excluding hydrogens is 230 g/mol. The van der Waals surface area contributed by atoms with Crippen molar-refractivity contribution in [3.63, 3.8) is 0 Å². The van der Waals surface area contributed by atoms with Crippen LogP contribution < -0.4 is 5.73 Å². The number of thioether (sulfide) groups is 1. The average Bonchev–Trinajstić information content (AvgIpc) is 2.73. The molecule has 17 heavy (non-hydrogen) atoms. The largest absolute Gasteiger partial charge is 0.327 e. The third-order valence-corrected chi connectivity index (χ3v) is 3.65. The fraction of sp³-hybridized carbons (Fsp3) is 0.308. The lowest BCUT2D eigenvalue weighted by Crippen LogP contribution is -2.25. The maximum atomic E-state index is 6.09. The first-order valence-electron chi connectivity index (χ1n) is 5.66. The fourth-order valence-electron chi connectivity index (χ4n) is 1.62. The van der Waals surface area contributed by atoms with Gasteiger partial charge in [0.1, 0.15) is 0 Å². The van der Waals surface area contributed by atoms with Crippen LogP contribution in [0.5, 0.6) is 0 Å². The molecule has 0 spiro atoms. The molecule has 0 radical (unpaired) electrons. The normalized spacial score (nSPS) is 12.6. The van der Waals surface area contributed by atoms with Gasteiger partial charge in [-0.1, -0.05) is 18.2 Å². The highest BCUT2D eigenvalue weighted by Crippen LogP contribution is 2.18. The summed E-state index contributed by atoms with van der Waals surface area (Å²) < 4.78 is 1.81. The average molecular weight is 247 g/mol. The maximum absolute atomic E-state index is 6.09. The molecule has 0 amide bonds. The van der Waals surface area contributed by atoms with E-state index < -0.39 is 0 Å². The van der Waals surface area contributed by atoms with E-state index in [1.165, 1.54) is 4.90 Å². The van der Waals surface area contributed by atoms with E-state index in [0.717, 1.165) is 17.9 Å². The fourth-order valence-corrected chi connectivity index (χ4v) is 2.49. The maximum Gasteiger partial charge on any atom is 0.0640 e. The van der Waals surface area contributed by atoms with Gasteiger partial charge in [-0.15, -0.1) is 11.8 Å². The van der Waals surface area contributed by atoms with E-state index in [2.05, 4.69) is 17.2 Å². The van der Waals surface area contributed by atoms with Crippen molar-refractivity contribution in [2.24, 2.45) is 12.8 Å². The number of nitrogens with zero attached hydrogens (tertiary/aromatic N) is 2. The van der Waals surface area contributed by atoms with E-state index in [1.54, 1.807) is 11.8 Å². The minimum Gasteiger partial charge on any atom is -0.327 e. The summed E-state index contributed by atoms with van der Waals surface area (Å²) in [5, 5.41) is 4.33. The number of hydrogen-bond donors (Lipinski definition) is 1. The Morgan fingerprint density at radius 2 is 2.06 bits per heavy atom. The Hall–Kier alpha value is -1.26. The smallest absolute Gasteiger partial charge is 0.0640 e. The van der Waals surface area contributed by atoms with Gasteiger partial charge in [0.05, 0.1) is 5.69 Å². The molecule has 0 aliphatic heterocycles. The van der Waals surface area contributed by atoms with E-state index in [9.17, 15) is 0 Å². The van der Waals surface area contributed by atoms with Crippen molar-refractivity contribution in [1.29, 1.82) is 0 Å². The predicted octanol–water partition coefficient (Wildman–Crippen LogP) is 2.08. The number of nitrogens with two attached hydrogens (primary N) is 1. The Morgan fingerprint density at radius 3 is 2.71 bits per heavy atom. The van der Waals surface area contributed by atoms with Gasteiger partial charge in [-0.05, 0) is 18.2 Å². The van der Waals surface area contributed by atoms with Crippen molar-refractivity contribution in [3.8, 4) is 0 Å². The van der Waals surface area contributed by atoms with Gasteiger partial charge in [0.2, 0.25) is 0 Å².